The summed E-state index contributed by atoms with van der Waals surface area (Å²) in [6, 6.07) is 13.6. The highest BCUT2D eigenvalue weighted by atomic mass is 16.1. The molecular formula is C18H15N3O. The van der Waals surface area contributed by atoms with E-state index in [0.717, 1.165) is 29.5 Å². The number of pyridine rings is 1. The summed E-state index contributed by atoms with van der Waals surface area (Å²) < 4.78 is 0. The number of rotatable bonds is 2. The third-order valence-corrected chi connectivity index (χ3v) is 4.00. The van der Waals surface area contributed by atoms with Gasteiger partial charge in [0.2, 0.25) is 0 Å². The first-order valence-corrected chi connectivity index (χ1v) is 7.27. The summed E-state index contributed by atoms with van der Waals surface area (Å²) in [5, 5.41) is 8.31. The number of hydrogen-bond donors (Lipinski definition) is 2. The molecule has 1 amide bonds. The first kappa shape index (κ1) is 13.0. The van der Waals surface area contributed by atoms with E-state index in [-0.39, 0.29) is 5.91 Å². The molecule has 0 aliphatic carbocycles. The van der Waals surface area contributed by atoms with Crippen molar-refractivity contribution in [3.8, 4) is 0 Å². The number of carbonyl (C=O) groups excluding carboxylic acids is 1. The minimum Gasteiger partial charge on any atom is -0.322 e. The van der Waals surface area contributed by atoms with Gasteiger partial charge in [-0.2, -0.15) is 0 Å². The van der Waals surface area contributed by atoms with Crippen LogP contribution in [-0.4, -0.2) is 10.9 Å². The first-order chi connectivity index (χ1) is 10.8. The smallest absolute Gasteiger partial charge is 0.255 e. The van der Waals surface area contributed by atoms with Gasteiger partial charge in [0.15, 0.2) is 0 Å². The van der Waals surface area contributed by atoms with E-state index in [9.17, 15) is 4.79 Å². The quantitative estimate of drug-likeness (QED) is 0.762. The third-order valence-electron chi connectivity index (χ3n) is 4.00. The zero-order valence-corrected chi connectivity index (χ0v) is 12.0. The van der Waals surface area contributed by atoms with E-state index in [2.05, 4.69) is 21.7 Å². The van der Waals surface area contributed by atoms with Crippen LogP contribution in [0, 0.1) is 0 Å². The van der Waals surface area contributed by atoms with Gasteiger partial charge in [-0.3, -0.25) is 9.78 Å². The Morgan fingerprint density at radius 1 is 1.00 bits per heavy atom. The van der Waals surface area contributed by atoms with E-state index < -0.39 is 0 Å². The Morgan fingerprint density at radius 2 is 1.91 bits per heavy atom. The Kier molecular flexibility index (Phi) is 3.09. The van der Waals surface area contributed by atoms with Crippen molar-refractivity contribution in [3.63, 3.8) is 0 Å². The Morgan fingerprint density at radius 3 is 2.86 bits per heavy atom. The standard InChI is InChI=1S/C18H15N3O/c22-18(13-2-1-12-5-6-19-10-15(12)7-13)21-17-4-3-14-9-20-11-16(14)8-17/h1-8,10,20H,9,11H2,(H,21,22). The predicted octanol–water partition coefficient (Wildman–Crippen LogP) is 3.09. The van der Waals surface area contributed by atoms with Crippen molar-refractivity contribution < 1.29 is 4.79 Å². The van der Waals surface area contributed by atoms with Gasteiger partial charge in [-0.25, -0.2) is 0 Å². The molecule has 0 atom stereocenters. The summed E-state index contributed by atoms with van der Waals surface area (Å²) in [7, 11) is 0. The molecule has 0 fully saturated rings. The van der Waals surface area contributed by atoms with Crippen LogP contribution in [0.4, 0.5) is 5.69 Å². The maximum Gasteiger partial charge on any atom is 0.255 e. The molecule has 1 aliphatic heterocycles. The summed E-state index contributed by atoms with van der Waals surface area (Å²) in [4.78, 5) is 16.5. The van der Waals surface area contributed by atoms with Gasteiger partial charge < -0.3 is 10.6 Å². The first-order valence-electron chi connectivity index (χ1n) is 7.27. The molecule has 1 aliphatic rings. The molecule has 0 saturated carbocycles. The van der Waals surface area contributed by atoms with Gasteiger partial charge in [-0.05, 0) is 46.8 Å². The van der Waals surface area contributed by atoms with Crippen LogP contribution in [0.5, 0.6) is 0 Å². The van der Waals surface area contributed by atoms with Crippen LogP contribution in [0.25, 0.3) is 10.8 Å². The summed E-state index contributed by atoms with van der Waals surface area (Å²) in [6.45, 7) is 1.77. The van der Waals surface area contributed by atoms with Crippen molar-refractivity contribution >= 4 is 22.4 Å². The number of benzene rings is 2. The fraction of sp³-hybridized carbons (Fsp3) is 0.111. The highest BCUT2D eigenvalue weighted by molar-refractivity contribution is 6.06. The molecule has 2 aromatic carbocycles. The van der Waals surface area contributed by atoms with E-state index in [1.165, 1.54) is 11.1 Å². The van der Waals surface area contributed by atoms with E-state index in [4.69, 9.17) is 0 Å². The van der Waals surface area contributed by atoms with Crippen molar-refractivity contribution in [1.82, 2.24) is 10.3 Å². The molecule has 1 aromatic heterocycles. The second-order valence-corrected chi connectivity index (χ2v) is 5.48. The van der Waals surface area contributed by atoms with Gasteiger partial charge in [0.1, 0.15) is 0 Å². The van der Waals surface area contributed by atoms with Crippen molar-refractivity contribution in [2.24, 2.45) is 0 Å². The highest BCUT2D eigenvalue weighted by Crippen LogP contribution is 2.21. The number of carbonyl (C=O) groups is 1. The lowest BCUT2D eigenvalue weighted by molar-refractivity contribution is 0.102. The van der Waals surface area contributed by atoms with Crippen LogP contribution in [0.1, 0.15) is 21.5 Å². The lowest BCUT2D eigenvalue weighted by atomic mass is 10.1. The molecule has 0 saturated heterocycles. The van der Waals surface area contributed by atoms with Crippen LogP contribution in [0.3, 0.4) is 0 Å². The van der Waals surface area contributed by atoms with Crippen LogP contribution in [0.2, 0.25) is 0 Å². The number of amides is 1. The molecule has 0 spiro atoms. The zero-order valence-electron chi connectivity index (χ0n) is 12.0. The van der Waals surface area contributed by atoms with E-state index in [1.54, 1.807) is 12.4 Å². The fourth-order valence-electron chi connectivity index (χ4n) is 2.80. The molecule has 22 heavy (non-hydrogen) atoms. The molecule has 108 valence electrons. The lowest BCUT2D eigenvalue weighted by Crippen LogP contribution is -2.12. The fourth-order valence-corrected chi connectivity index (χ4v) is 2.80. The minimum atomic E-state index is -0.100. The average molecular weight is 289 g/mol. The number of nitrogens with one attached hydrogen (secondary N) is 2. The van der Waals surface area contributed by atoms with Gasteiger partial charge in [-0.1, -0.05) is 12.1 Å². The molecule has 4 rings (SSSR count). The van der Waals surface area contributed by atoms with Crippen molar-refractivity contribution in [3.05, 3.63) is 71.5 Å². The van der Waals surface area contributed by atoms with E-state index in [0.29, 0.717) is 5.56 Å². The lowest BCUT2D eigenvalue weighted by Gasteiger charge is -2.08. The molecule has 0 radical (unpaired) electrons. The van der Waals surface area contributed by atoms with Crippen molar-refractivity contribution in [2.45, 2.75) is 13.1 Å². The molecule has 0 bridgehead atoms. The zero-order chi connectivity index (χ0) is 14.9. The molecule has 2 heterocycles. The molecule has 4 heteroatoms. The number of aromatic nitrogens is 1. The van der Waals surface area contributed by atoms with Gasteiger partial charge in [0.25, 0.3) is 5.91 Å². The summed E-state index contributed by atoms with van der Waals surface area (Å²) in [6.07, 6.45) is 3.52. The summed E-state index contributed by atoms with van der Waals surface area (Å²) in [5.41, 5.74) is 4.02. The Balaban J connectivity index is 1.60. The monoisotopic (exact) mass is 289 g/mol. The summed E-state index contributed by atoms with van der Waals surface area (Å²) >= 11 is 0. The Labute approximate surface area is 128 Å². The average Bonchev–Trinajstić information content (AvgIpc) is 3.02. The number of anilines is 1. The normalized spacial score (nSPS) is 13.1. The van der Waals surface area contributed by atoms with Crippen LogP contribution < -0.4 is 10.6 Å². The molecule has 2 N–H and O–H groups in total. The van der Waals surface area contributed by atoms with E-state index >= 15 is 0 Å². The van der Waals surface area contributed by atoms with Gasteiger partial charge in [0, 0.05) is 42.1 Å². The largest absolute Gasteiger partial charge is 0.322 e. The second kappa shape index (κ2) is 5.24. The second-order valence-electron chi connectivity index (χ2n) is 5.48. The number of hydrogen-bond acceptors (Lipinski definition) is 3. The predicted molar refractivity (Wildman–Crippen MR) is 86.7 cm³/mol. The van der Waals surface area contributed by atoms with Crippen LogP contribution in [0.15, 0.2) is 54.9 Å². The number of fused-ring (bicyclic) bond motifs is 2. The van der Waals surface area contributed by atoms with E-state index in [1.807, 2.05) is 36.4 Å². The maximum atomic E-state index is 12.4. The van der Waals surface area contributed by atoms with Gasteiger partial charge in [0.05, 0.1) is 0 Å². The van der Waals surface area contributed by atoms with Crippen LogP contribution >= 0.6 is 0 Å². The van der Waals surface area contributed by atoms with Crippen molar-refractivity contribution in [1.29, 1.82) is 0 Å². The number of nitrogens with zero attached hydrogens (tertiary/aromatic N) is 1. The third kappa shape index (κ3) is 2.34. The molecule has 0 unspecified atom stereocenters. The molecule has 4 nitrogen and oxygen atoms in total. The van der Waals surface area contributed by atoms with Gasteiger partial charge in [-0.15, -0.1) is 0 Å². The van der Waals surface area contributed by atoms with Crippen LogP contribution in [-0.2, 0) is 13.1 Å². The summed E-state index contributed by atoms with van der Waals surface area (Å²) in [5.74, 6) is -0.100. The Hall–Kier alpha value is -2.72. The Bertz CT molecular complexity index is 873. The maximum absolute atomic E-state index is 12.4. The van der Waals surface area contributed by atoms with Crippen molar-refractivity contribution in [2.75, 3.05) is 5.32 Å². The SMILES string of the molecule is O=C(Nc1ccc2c(c1)CNC2)c1ccc2ccncc2c1. The van der Waals surface area contributed by atoms with Gasteiger partial charge >= 0.3 is 0 Å². The topological polar surface area (TPSA) is 54.0 Å². The molecular weight excluding hydrogens is 274 g/mol. The minimum absolute atomic E-state index is 0.100. The highest BCUT2D eigenvalue weighted by Gasteiger charge is 2.12. The molecule has 3 aromatic rings.